The first kappa shape index (κ1) is 24.1. The van der Waals surface area contributed by atoms with E-state index >= 15 is 0 Å². The van der Waals surface area contributed by atoms with Crippen molar-refractivity contribution in [2.75, 3.05) is 5.32 Å². The van der Waals surface area contributed by atoms with E-state index in [1.165, 1.54) is 0 Å². The zero-order valence-electron chi connectivity index (χ0n) is 18.4. The van der Waals surface area contributed by atoms with Crippen molar-refractivity contribution in [2.45, 2.75) is 37.1 Å². The maximum atomic E-state index is 13.3. The summed E-state index contributed by atoms with van der Waals surface area (Å²) in [6.45, 7) is 2.00. The Morgan fingerprint density at radius 3 is 2.66 bits per heavy atom. The highest BCUT2D eigenvalue weighted by Crippen LogP contribution is 2.51. The molecule has 5 rings (SSSR count). The summed E-state index contributed by atoms with van der Waals surface area (Å²) < 4.78 is 6.88. The lowest BCUT2D eigenvalue weighted by atomic mass is 9.78. The molecule has 1 spiro atoms. The Bertz CT molecular complexity index is 1350. The summed E-state index contributed by atoms with van der Waals surface area (Å²) >= 11 is 15.8. The highest BCUT2D eigenvalue weighted by atomic mass is 79.9. The number of anilines is 1. The number of amides is 1. The predicted octanol–water partition coefficient (Wildman–Crippen LogP) is 5.90. The fraction of sp³-hybridized carbons (Fsp3) is 0.240. The first-order chi connectivity index (χ1) is 16.7. The van der Waals surface area contributed by atoms with Gasteiger partial charge in [-0.05, 0) is 43.3 Å². The van der Waals surface area contributed by atoms with Gasteiger partial charge in [0.1, 0.15) is 12.4 Å². The van der Waals surface area contributed by atoms with Crippen molar-refractivity contribution in [1.82, 2.24) is 5.32 Å². The summed E-state index contributed by atoms with van der Waals surface area (Å²) in [5.41, 5.74) is 1.01. The van der Waals surface area contributed by atoms with Crippen LogP contribution in [0, 0.1) is 10.1 Å². The van der Waals surface area contributed by atoms with Gasteiger partial charge in [0.05, 0.1) is 5.92 Å². The third kappa shape index (κ3) is 3.98. The first-order valence-corrected chi connectivity index (χ1v) is 12.5. The number of fused-ring (bicyclic) bond motifs is 2. The summed E-state index contributed by atoms with van der Waals surface area (Å²) in [5, 5.41) is 19.7. The number of ether oxygens (including phenoxy) is 1. The van der Waals surface area contributed by atoms with Crippen LogP contribution >= 0.6 is 39.1 Å². The minimum Gasteiger partial charge on any atom is -0.489 e. The van der Waals surface area contributed by atoms with Crippen molar-refractivity contribution in [1.29, 1.82) is 0 Å². The highest BCUT2D eigenvalue weighted by molar-refractivity contribution is 9.10. The quantitative estimate of drug-likeness (QED) is 0.291. The molecule has 7 nitrogen and oxygen atoms in total. The smallest absolute Gasteiger partial charge is 0.256 e. The zero-order chi connectivity index (χ0) is 24.9. The van der Waals surface area contributed by atoms with E-state index < -0.39 is 29.4 Å². The van der Waals surface area contributed by atoms with Crippen molar-refractivity contribution in [3.05, 3.63) is 102 Å². The van der Waals surface area contributed by atoms with E-state index in [4.69, 9.17) is 27.9 Å². The van der Waals surface area contributed by atoms with Crippen molar-refractivity contribution in [2.24, 2.45) is 0 Å². The van der Waals surface area contributed by atoms with Gasteiger partial charge in [-0.15, -0.1) is 0 Å². The van der Waals surface area contributed by atoms with Crippen LogP contribution in [0.25, 0.3) is 0 Å². The normalized spacial score (nSPS) is 24.9. The second-order valence-corrected chi connectivity index (χ2v) is 10.5. The van der Waals surface area contributed by atoms with Crippen LogP contribution in [0.15, 0.2) is 65.1 Å². The van der Waals surface area contributed by atoms with E-state index in [2.05, 4.69) is 26.6 Å². The molecule has 0 bridgehead atoms. The minimum absolute atomic E-state index is 0.150. The number of rotatable bonds is 5. The van der Waals surface area contributed by atoms with Gasteiger partial charge in [0.15, 0.2) is 5.54 Å². The van der Waals surface area contributed by atoms with Gasteiger partial charge in [-0.1, -0.05) is 63.4 Å². The average molecular weight is 577 g/mol. The maximum absolute atomic E-state index is 13.3. The van der Waals surface area contributed by atoms with Crippen molar-refractivity contribution < 1.29 is 14.5 Å². The topological polar surface area (TPSA) is 93.5 Å². The van der Waals surface area contributed by atoms with Gasteiger partial charge in [0.25, 0.3) is 11.9 Å². The standard InChI is InChI=1S/C25H20BrCl2N3O4/c1-13-22(23(31(33)34)25(30-13)18-4-2-3-5-20(18)29-24(25)32)17-10-15(26)7-9-21(17)35-12-14-6-8-16(27)11-19(14)28/h2-11,13,22-23,30H,12H2,1H3,(H,29,32)/t13-,22-,23+,25-/m0/s1. The molecule has 0 saturated carbocycles. The van der Waals surface area contributed by atoms with Crippen molar-refractivity contribution in [3.63, 3.8) is 0 Å². The molecule has 3 aromatic rings. The first-order valence-electron chi connectivity index (χ1n) is 10.9. The molecule has 35 heavy (non-hydrogen) atoms. The highest BCUT2D eigenvalue weighted by Gasteiger charge is 2.68. The average Bonchev–Trinajstić information content (AvgIpc) is 3.27. The third-order valence-electron chi connectivity index (χ3n) is 6.69. The van der Waals surface area contributed by atoms with E-state index in [9.17, 15) is 14.9 Å². The third-order valence-corrected chi connectivity index (χ3v) is 7.77. The van der Waals surface area contributed by atoms with Crippen LogP contribution in [0.4, 0.5) is 5.69 Å². The lowest BCUT2D eigenvalue weighted by Gasteiger charge is -2.26. The monoisotopic (exact) mass is 575 g/mol. The lowest BCUT2D eigenvalue weighted by molar-refractivity contribution is -0.532. The van der Waals surface area contributed by atoms with E-state index in [-0.39, 0.29) is 11.5 Å². The van der Waals surface area contributed by atoms with Crippen molar-refractivity contribution in [3.8, 4) is 5.75 Å². The summed E-state index contributed by atoms with van der Waals surface area (Å²) in [6, 6.07) is 15.9. The molecular formula is C25H20BrCl2N3O4. The van der Waals surface area contributed by atoms with E-state index in [0.29, 0.717) is 32.6 Å². The Labute approximate surface area is 220 Å². The van der Waals surface area contributed by atoms with Crippen LogP contribution < -0.4 is 15.4 Å². The largest absolute Gasteiger partial charge is 0.489 e. The van der Waals surface area contributed by atoms with E-state index in [0.717, 1.165) is 10.0 Å². The Morgan fingerprint density at radius 2 is 1.91 bits per heavy atom. The molecule has 0 unspecified atom stereocenters. The maximum Gasteiger partial charge on any atom is 0.256 e. The molecular weight excluding hydrogens is 557 g/mol. The predicted molar refractivity (Wildman–Crippen MR) is 138 cm³/mol. The molecule has 2 aliphatic rings. The van der Waals surface area contributed by atoms with Gasteiger partial charge in [0.2, 0.25) is 0 Å². The van der Waals surface area contributed by atoms with Crippen molar-refractivity contribution >= 4 is 50.7 Å². The number of hydrogen-bond acceptors (Lipinski definition) is 5. The number of hydrogen-bond donors (Lipinski definition) is 2. The summed E-state index contributed by atoms with van der Waals surface area (Å²) in [5.74, 6) is -0.608. The molecule has 2 aliphatic heterocycles. The van der Waals surface area contributed by atoms with Gasteiger partial charge in [-0.2, -0.15) is 0 Å². The lowest BCUT2D eigenvalue weighted by Crippen LogP contribution is -2.54. The van der Waals surface area contributed by atoms with Gasteiger partial charge in [0, 0.05) is 47.9 Å². The van der Waals surface area contributed by atoms with Crippen LogP contribution in [0.1, 0.15) is 29.5 Å². The number of benzene rings is 3. The number of nitrogens with one attached hydrogen (secondary N) is 2. The molecule has 0 aromatic heterocycles. The Morgan fingerprint density at radius 1 is 1.14 bits per heavy atom. The van der Waals surface area contributed by atoms with E-state index in [1.807, 2.05) is 19.1 Å². The number of nitrogens with zero attached hydrogens (tertiary/aromatic N) is 1. The van der Waals surface area contributed by atoms with Crippen LogP contribution in [0.5, 0.6) is 5.75 Å². The molecule has 3 aromatic carbocycles. The number of carbonyl (C=O) groups excluding carboxylic acids is 1. The van der Waals surface area contributed by atoms with Gasteiger partial charge in [-0.25, -0.2) is 0 Å². The van der Waals surface area contributed by atoms with Crippen LogP contribution in [-0.4, -0.2) is 22.9 Å². The Balaban J connectivity index is 1.57. The number of carbonyl (C=O) groups is 1. The molecule has 1 saturated heterocycles. The zero-order valence-corrected chi connectivity index (χ0v) is 21.5. The molecule has 0 aliphatic carbocycles. The Kier molecular flexibility index (Phi) is 6.25. The molecule has 4 atom stereocenters. The second-order valence-electron chi connectivity index (χ2n) is 8.70. The molecule has 0 radical (unpaired) electrons. The molecule has 2 N–H and O–H groups in total. The molecule has 10 heteroatoms. The van der Waals surface area contributed by atoms with Crippen LogP contribution in [0.2, 0.25) is 10.0 Å². The summed E-state index contributed by atoms with van der Waals surface area (Å²) in [6.07, 6.45) is 0. The van der Waals surface area contributed by atoms with Crippen LogP contribution in [-0.2, 0) is 16.9 Å². The second kappa shape index (κ2) is 9.09. The molecule has 1 fully saturated rings. The summed E-state index contributed by atoms with van der Waals surface area (Å²) in [7, 11) is 0. The number of halogens is 3. The molecule has 1 amide bonds. The van der Waals surface area contributed by atoms with Gasteiger partial charge < -0.3 is 10.1 Å². The molecule has 180 valence electrons. The SMILES string of the molecule is C[C@@H]1N[C@]2(C(=O)Nc3ccccc32)[C@H]([N+](=O)[O-])[C@@H]1c1cc(Br)ccc1OCc1ccc(Cl)cc1Cl. The van der Waals surface area contributed by atoms with Gasteiger partial charge >= 0.3 is 0 Å². The number of nitro groups is 1. The molecule has 2 heterocycles. The van der Waals surface area contributed by atoms with Gasteiger partial charge in [-0.3, -0.25) is 20.2 Å². The fourth-order valence-corrected chi connectivity index (χ4v) is 6.07. The van der Waals surface area contributed by atoms with Crippen LogP contribution in [0.3, 0.4) is 0 Å². The summed E-state index contributed by atoms with van der Waals surface area (Å²) in [4.78, 5) is 25.5. The minimum atomic E-state index is -1.50. The van der Waals surface area contributed by atoms with E-state index in [1.54, 1.807) is 48.5 Å². The Hall–Kier alpha value is -2.65. The fourth-order valence-electron chi connectivity index (χ4n) is 5.23. The number of para-hydroxylation sites is 1.